The van der Waals surface area contributed by atoms with Crippen molar-refractivity contribution in [1.29, 1.82) is 0 Å². The molecule has 30 heavy (non-hydrogen) atoms. The molecule has 0 saturated heterocycles. The predicted octanol–water partition coefficient (Wildman–Crippen LogP) is 2.88. The predicted molar refractivity (Wildman–Crippen MR) is 117 cm³/mol. The molecule has 0 fully saturated rings. The van der Waals surface area contributed by atoms with E-state index in [1.54, 1.807) is 31.4 Å². The summed E-state index contributed by atoms with van der Waals surface area (Å²) in [6.07, 6.45) is 0.387. The van der Waals surface area contributed by atoms with Gasteiger partial charge >= 0.3 is 0 Å². The number of nitrogens with zero attached hydrogens (tertiary/aromatic N) is 4. The second-order valence-electron chi connectivity index (χ2n) is 6.25. The first-order chi connectivity index (χ1) is 14.6. The Bertz CT molecular complexity index is 1240. The zero-order valence-corrected chi connectivity index (χ0v) is 17.6. The van der Waals surface area contributed by atoms with Crippen LogP contribution in [0.5, 0.6) is 5.75 Å². The maximum absolute atomic E-state index is 12.7. The smallest absolute Gasteiger partial charge is 0.297 e. The van der Waals surface area contributed by atoms with Crippen LogP contribution in [0.25, 0.3) is 4.96 Å². The molecule has 0 spiro atoms. The van der Waals surface area contributed by atoms with Crippen molar-refractivity contribution in [3.05, 3.63) is 76.2 Å². The molecule has 0 radical (unpaired) electrons. The molecule has 0 aliphatic carbocycles. The highest BCUT2D eigenvalue weighted by molar-refractivity contribution is 8.01. The van der Waals surface area contributed by atoms with E-state index in [9.17, 15) is 9.59 Å². The second-order valence-corrected chi connectivity index (χ2v) is 8.42. The molecule has 2 heterocycles. The Labute approximate surface area is 179 Å². The number of carbonyl (C=O) groups is 1. The average molecular weight is 440 g/mol. The van der Waals surface area contributed by atoms with Gasteiger partial charge in [0, 0.05) is 18.2 Å². The Morgan fingerprint density at radius 2 is 2.00 bits per heavy atom. The highest BCUT2D eigenvalue weighted by Crippen LogP contribution is 2.23. The summed E-state index contributed by atoms with van der Waals surface area (Å²) in [5, 5.41) is 15.3. The van der Waals surface area contributed by atoms with Crippen LogP contribution in [0.15, 0.2) is 63.7 Å². The fourth-order valence-corrected chi connectivity index (χ4v) is 4.39. The van der Waals surface area contributed by atoms with Gasteiger partial charge in [-0.3, -0.25) is 9.59 Å². The lowest BCUT2D eigenvalue weighted by Gasteiger charge is -2.06. The van der Waals surface area contributed by atoms with E-state index in [0.717, 1.165) is 5.56 Å². The number of hydrogen-bond acceptors (Lipinski definition) is 8. The van der Waals surface area contributed by atoms with Crippen molar-refractivity contribution in [2.75, 3.05) is 18.2 Å². The van der Waals surface area contributed by atoms with Gasteiger partial charge in [0.1, 0.15) is 11.4 Å². The minimum atomic E-state index is -0.298. The lowest BCUT2D eigenvalue weighted by atomic mass is 10.1. The van der Waals surface area contributed by atoms with E-state index in [0.29, 0.717) is 32.9 Å². The van der Waals surface area contributed by atoms with Gasteiger partial charge in [0.05, 0.1) is 12.9 Å². The number of fused-ring (bicyclic) bond motifs is 1. The van der Waals surface area contributed by atoms with Crippen molar-refractivity contribution in [1.82, 2.24) is 19.8 Å². The van der Waals surface area contributed by atoms with E-state index in [4.69, 9.17) is 4.74 Å². The fourth-order valence-electron chi connectivity index (χ4n) is 2.71. The maximum atomic E-state index is 12.7. The summed E-state index contributed by atoms with van der Waals surface area (Å²) in [5.41, 5.74) is 1.66. The second kappa shape index (κ2) is 9.06. The van der Waals surface area contributed by atoms with E-state index in [1.165, 1.54) is 27.6 Å². The summed E-state index contributed by atoms with van der Waals surface area (Å²) in [7, 11) is 1.57. The zero-order valence-electron chi connectivity index (χ0n) is 15.9. The van der Waals surface area contributed by atoms with Gasteiger partial charge in [-0.2, -0.15) is 4.52 Å². The van der Waals surface area contributed by atoms with Crippen molar-refractivity contribution < 1.29 is 9.53 Å². The molecule has 1 amide bonds. The summed E-state index contributed by atoms with van der Waals surface area (Å²) in [4.78, 5) is 25.3. The fraction of sp³-hybridized carbons (Fsp3) is 0.150. The zero-order chi connectivity index (χ0) is 20.9. The molecule has 0 aliphatic heterocycles. The van der Waals surface area contributed by atoms with Crippen LogP contribution in [0.4, 0.5) is 5.69 Å². The molecule has 0 bridgehead atoms. The van der Waals surface area contributed by atoms with Crippen LogP contribution < -0.4 is 15.6 Å². The Kier molecular flexibility index (Phi) is 6.05. The first-order valence-electron chi connectivity index (χ1n) is 8.98. The number of rotatable bonds is 7. The molecule has 2 aromatic carbocycles. The lowest BCUT2D eigenvalue weighted by Crippen LogP contribution is -2.22. The Morgan fingerprint density at radius 3 is 2.80 bits per heavy atom. The topological polar surface area (TPSA) is 98.5 Å². The molecule has 0 aliphatic rings. The summed E-state index contributed by atoms with van der Waals surface area (Å²) in [6.45, 7) is 0. The number of nitrogens with one attached hydrogen (secondary N) is 1. The number of ether oxygens (including phenoxy) is 1. The van der Waals surface area contributed by atoms with Crippen LogP contribution in [0.3, 0.4) is 0 Å². The maximum Gasteiger partial charge on any atom is 0.297 e. The molecule has 8 nitrogen and oxygen atoms in total. The van der Waals surface area contributed by atoms with E-state index in [1.807, 2.05) is 30.3 Å². The van der Waals surface area contributed by atoms with Crippen LogP contribution in [-0.2, 0) is 11.2 Å². The van der Waals surface area contributed by atoms with E-state index in [2.05, 4.69) is 20.6 Å². The summed E-state index contributed by atoms with van der Waals surface area (Å²) in [5.74, 6) is 0.627. The molecule has 152 valence electrons. The minimum Gasteiger partial charge on any atom is -0.497 e. The first-order valence-corrected chi connectivity index (χ1v) is 10.8. The number of thioether (sulfide) groups is 1. The van der Waals surface area contributed by atoms with Crippen LogP contribution in [0, 0.1) is 0 Å². The van der Waals surface area contributed by atoms with Gasteiger partial charge in [-0.05, 0) is 17.7 Å². The van der Waals surface area contributed by atoms with Gasteiger partial charge < -0.3 is 10.1 Å². The van der Waals surface area contributed by atoms with Crippen molar-refractivity contribution >= 4 is 39.7 Å². The van der Waals surface area contributed by atoms with E-state index >= 15 is 0 Å². The molecule has 4 aromatic rings. The van der Waals surface area contributed by atoms with Gasteiger partial charge in [-0.25, -0.2) is 0 Å². The number of carbonyl (C=O) groups excluding carboxylic acids is 1. The van der Waals surface area contributed by atoms with E-state index in [-0.39, 0.29) is 17.2 Å². The molecule has 2 aromatic heterocycles. The van der Waals surface area contributed by atoms with Gasteiger partial charge in [0.2, 0.25) is 10.9 Å². The van der Waals surface area contributed by atoms with Gasteiger partial charge in [-0.15, -0.1) is 15.3 Å². The van der Waals surface area contributed by atoms with Gasteiger partial charge in [0.25, 0.3) is 5.56 Å². The molecule has 1 N–H and O–H groups in total. The number of anilines is 1. The number of benzene rings is 2. The van der Waals surface area contributed by atoms with Crippen molar-refractivity contribution in [2.24, 2.45) is 0 Å². The third kappa shape index (κ3) is 4.66. The van der Waals surface area contributed by atoms with Crippen molar-refractivity contribution in [2.45, 2.75) is 10.8 Å². The normalized spacial score (nSPS) is 10.8. The quantitative estimate of drug-likeness (QED) is 0.442. The summed E-state index contributed by atoms with van der Waals surface area (Å²) in [6, 6.07) is 16.7. The number of hydrogen-bond donors (Lipinski definition) is 1. The monoisotopic (exact) mass is 439 g/mol. The number of methoxy groups -OCH3 is 1. The first kappa shape index (κ1) is 20.0. The average Bonchev–Trinajstić information content (AvgIpc) is 3.19. The summed E-state index contributed by atoms with van der Waals surface area (Å²) < 4.78 is 6.96. The third-order valence-corrected chi connectivity index (χ3v) is 6.16. The molecule has 10 heteroatoms. The highest BCUT2D eigenvalue weighted by Gasteiger charge is 2.14. The molecule has 0 saturated carbocycles. The summed E-state index contributed by atoms with van der Waals surface area (Å²) >= 11 is 2.46. The molecular weight excluding hydrogens is 422 g/mol. The largest absolute Gasteiger partial charge is 0.497 e. The van der Waals surface area contributed by atoms with Crippen molar-refractivity contribution in [3.8, 4) is 5.75 Å². The Morgan fingerprint density at radius 1 is 1.17 bits per heavy atom. The lowest BCUT2D eigenvalue weighted by molar-refractivity contribution is -0.113. The molecular formula is C20H17N5O3S2. The van der Waals surface area contributed by atoms with Crippen LogP contribution in [-0.4, -0.2) is 38.6 Å². The van der Waals surface area contributed by atoms with Gasteiger partial charge in [-0.1, -0.05) is 59.5 Å². The molecule has 0 unspecified atom stereocenters. The molecule has 4 rings (SSSR count). The Hall–Kier alpha value is -3.24. The van der Waals surface area contributed by atoms with Crippen LogP contribution >= 0.6 is 23.1 Å². The highest BCUT2D eigenvalue weighted by atomic mass is 32.2. The Balaban J connectivity index is 1.44. The third-order valence-electron chi connectivity index (χ3n) is 4.13. The minimum absolute atomic E-state index is 0.149. The van der Waals surface area contributed by atoms with Crippen LogP contribution in [0.2, 0.25) is 0 Å². The molecule has 0 atom stereocenters. The standard InChI is InChI=1S/C20H17N5O3S2/c1-28-15-9-5-8-14(11-15)21-17(26)12-29-20-24-25-18(27)16(22-23-19(25)30-20)10-13-6-3-2-4-7-13/h2-9,11H,10,12H2,1H3,(H,21,26). The number of amides is 1. The van der Waals surface area contributed by atoms with Crippen LogP contribution in [0.1, 0.15) is 11.3 Å². The van der Waals surface area contributed by atoms with Crippen molar-refractivity contribution in [3.63, 3.8) is 0 Å². The SMILES string of the molecule is COc1cccc(NC(=O)CSc2nn3c(=O)c(Cc4ccccc4)nnc3s2)c1. The van der Waals surface area contributed by atoms with Gasteiger partial charge in [0.15, 0.2) is 4.34 Å². The van der Waals surface area contributed by atoms with E-state index < -0.39 is 0 Å². The number of aromatic nitrogens is 4.